The molecule has 1 rings (SSSR count). The predicted molar refractivity (Wildman–Crippen MR) is 69.0 cm³/mol. The van der Waals surface area contributed by atoms with Crippen molar-refractivity contribution in [3.05, 3.63) is 29.0 Å². The molecule has 0 aliphatic rings. The number of hydrogen-bond acceptors (Lipinski definition) is 4. The molecule has 1 aromatic carbocycles. The topological polar surface area (TPSA) is 64.6 Å². The third kappa shape index (κ3) is 4.12. The lowest BCUT2D eigenvalue weighted by Crippen LogP contribution is -2.42. The molecule has 0 saturated heterocycles. The van der Waals surface area contributed by atoms with Crippen LogP contribution in [0.2, 0.25) is 5.02 Å². The molecule has 0 radical (unpaired) electrons. The van der Waals surface area contributed by atoms with Crippen LogP contribution >= 0.6 is 11.6 Å². The van der Waals surface area contributed by atoms with E-state index in [1.165, 1.54) is 20.3 Å². The Balaban J connectivity index is 3.01. The lowest BCUT2D eigenvalue weighted by Gasteiger charge is -2.22. The molecule has 0 heterocycles. The van der Waals surface area contributed by atoms with Crippen molar-refractivity contribution in [1.29, 1.82) is 0 Å². The fourth-order valence-corrected chi connectivity index (χ4v) is 3.29. The second-order valence-corrected chi connectivity index (χ2v) is 5.91. The molecule has 5 nitrogen and oxygen atoms in total. The van der Waals surface area contributed by atoms with Crippen LogP contribution in [0, 0.1) is 5.82 Å². The normalized spacial score (nSPS) is 13.8. The molecule has 1 atom stereocenters. The van der Waals surface area contributed by atoms with Gasteiger partial charge in [0, 0.05) is 14.2 Å². The summed E-state index contributed by atoms with van der Waals surface area (Å²) in [7, 11) is -1.19. The minimum Gasteiger partial charge on any atom is -0.354 e. The summed E-state index contributed by atoms with van der Waals surface area (Å²) in [6.07, 6.45) is -0.762. The van der Waals surface area contributed by atoms with Crippen molar-refractivity contribution in [2.75, 3.05) is 14.2 Å². The first-order chi connectivity index (χ1) is 8.81. The number of sulfonamides is 1. The van der Waals surface area contributed by atoms with E-state index in [0.29, 0.717) is 0 Å². The summed E-state index contributed by atoms with van der Waals surface area (Å²) in [6, 6.07) is 2.45. The molecule has 1 aromatic rings. The Morgan fingerprint density at radius 3 is 2.42 bits per heavy atom. The largest absolute Gasteiger partial charge is 0.354 e. The zero-order valence-electron chi connectivity index (χ0n) is 10.7. The van der Waals surface area contributed by atoms with Gasteiger partial charge >= 0.3 is 0 Å². The van der Waals surface area contributed by atoms with E-state index in [9.17, 15) is 12.8 Å². The molecule has 108 valence electrons. The number of halogens is 2. The van der Waals surface area contributed by atoms with Crippen molar-refractivity contribution in [3.63, 3.8) is 0 Å². The zero-order chi connectivity index (χ0) is 14.6. The first-order valence-corrected chi connectivity index (χ1v) is 7.21. The maximum atomic E-state index is 13.1. The van der Waals surface area contributed by atoms with Crippen molar-refractivity contribution in [3.8, 4) is 0 Å². The maximum absolute atomic E-state index is 13.1. The molecule has 0 aliphatic heterocycles. The van der Waals surface area contributed by atoms with Crippen LogP contribution < -0.4 is 4.72 Å². The number of methoxy groups -OCH3 is 2. The quantitative estimate of drug-likeness (QED) is 0.813. The van der Waals surface area contributed by atoms with Crippen molar-refractivity contribution in [2.24, 2.45) is 0 Å². The predicted octanol–water partition coefficient (Wildman–Crippen LogP) is 1.76. The molecule has 19 heavy (non-hydrogen) atoms. The fourth-order valence-electron chi connectivity index (χ4n) is 1.55. The molecule has 0 saturated carbocycles. The molecule has 0 aromatic heterocycles. The molecule has 0 fully saturated rings. The van der Waals surface area contributed by atoms with Gasteiger partial charge in [-0.25, -0.2) is 17.5 Å². The summed E-state index contributed by atoms with van der Waals surface area (Å²) in [5, 5.41) is -0.0625. The van der Waals surface area contributed by atoms with Crippen LogP contribution in [0.1, 0.15) is 6.92 Å². The van der Waals surface area contributed by atoms with E-state index in [1.54, 1.807) is 6.92 Å². The van der Waals surface area contributed by atoms with Gasteiger partial charge in [-0.1, -0.05) is 11.6 Å². The van der Waals surface area contributed by atoms with E-state index in [0.717, 1.165) is 12.1 Å². The van der Waals surface area contributed by atoms with Gasteiger partial charge in [0.1, 0.15) is 10.7 Å². The molecular formula is C11H15ClFNO4S. The van der Waals surface area contributed by atoms with Crippen LogP contribution in [-0.2, 0) is 19.5 Å². The van der Waals surface area contributed by atoms with Gasteiger partial charge in [-0.05, 0) is 25.1 Å². The molecule has 1 N–H and O–H groups in total. The maximum Gasteiger partial charge on any atom is 0.242 e. The zero-order valence-corrected chi connectivity index (χ0v) is 12.3. The second kappa shape index (κ2) is 6.62. The number of rotatable bonds is 6. The van der Waals surface area contributed by atoms with E-state index in [-0.39, 0.29) is 9.92 Å². The summed E-state index contributed by atoms with van der Waals surface area (Å²) < 4.78 is 49.5. The third-order valence-electron chi connectivity index (χ3n) is 2.40. The van der Waals surface area contributed by atoms with Gasteiger partial charge in [-0.2, -0.15) is 0 Å². The van der Waals surface area contributed by atoms with Crippen molar-refractivity contribution in [2.45, 2.75) is 24.2 Å². The monoisotopic (exact) mass is 311 g/mol. The highest BCUT2D eigenvalue weighted by Crippen LogP contribution is 2.22. The molecule has 0 spiro atoms. The summed E-state index contributed by atoms with van der Waals surface area (Å²) >= 11 is 5.76. The van der Waals surface area contributed by atoms with Gasteiger partial charge in [0.2, 0.25) is 10.0 Å². The summed E-state index contributed by atoms with van der Waals surface area (Å²) in [5.74, 6) is -0.688. The van der Waals surface area contributed by atoms with Crippen molar-refractivity contribution < 1.29 is 22.3 Å². The van der Waals surface area contributed by atoms with Crippen LogP contribution in [0.3, 0.4) is 0 Å². The molecule has 0 bridgehead atoms. The summed E-state index contributed by atoms with van der Waals surface area (Å²) in [5.41, 5.74) is 0. The van der Waals surface area contributed by atoms with E-state index in [4.69, 9.17) is 21.1 Å². The number of nitrogens with one attached hydrogen (secondary N) is 1. The van der Waals surface area contributed by atoms with E-state index in [1.807, 2.05) is 0 Å². The molecule has 1 unspecified atom stereocenters. The van der Waals surface area contributed by atoms with Gasteiger partial charge in [-0.15, -0.1) is 0 Å². The van der Waals surface area contributed by atoms with Gasteiger partial charge < -0.3 is 9.47 Å². The van der Waals surface area contributed by atoms with Gasteiger partial charge in [-0.3, -0.25) is 0 Å². The highest BCUT2D eigenvalue weighted by Gasteiger charge is 2.25. The van der Waals surface area contributed by atoms with Crippen molar-refractivity contribution >= 4 is 21.6 Å². The van der Waals surface area contributed by atoms with Crippen LogP contribution in [0.15, 0.2) is 23.1 Å². The minimum absolute atomic E-state index is 0.0625. The lowest BCUT2D eigenvalue weighted by molar-refractivity contribution is -0.115. The number of hydrogen-bond donors (Lipinski definition) is 1. The van der Waals surface area contributed by atoms with E-state index >= 15 is 0 Å². The average Bonchev–Trinajstić information content (AvgIpc) is 2.33. The Morgan fingerprint density at radius 2 is 1.89 bits per heavy atom. The SMILES string of the molecule is COC(OC)C(C)NS(=O)(=O)c1cc(F)ccc1Cl. The Bertz CT molecular complexity index is 533. The third-order valence-corrected chi connectivity index (χ3v) is 4.44. The first-order valence-electron chi connectivity index (χ1n) is 5.34. The molecule has 0 aliphatic carbocycles. The van der Waals surface area contributed by atoms with Crippen molar-refractivity contribution in [1.82, 2.24) is 4.72 Å². The minimum atomic E-state index is -3.96. The van der Waals surface area contributed by atoms with E-state index < -0.39 is 28.2 Å². The van der Waals surface area contributed by atoms with Gasteiger partial charge in [0.05, 0.1) is 11.1 Å². The number of benzene rings is 1. The van der Waals surface area contributed by atoms with Crippen LogP contribution in [0.25, 0.3) is 0 Å². The first kappa shape index (κ1) is 16.3. The highest BCUT2D eigenvalue weighted by atomic mass is 35.5. The summed E-state index contributed by atoms with van der Waals surface area (Å²) in [4.78, 5) is -0.327. The Labute approximate surface area is 116 Å². The van der Waals surface area contributed by atoms with Gasteiger partial charge in [0.25, 0.3) is 0 Å². The Kier molecular flexibility index (Phi) is 5.69. The lowest BCUT2D eigenvalue weighted by atomic mass is 10.3. The standard InChI is InChI=1S/C11H15ClFNO4S/c1-7(11(17-2)18-3)14-19(15,16)10-6-8(13)4-5-9(10)12/h4-7,11,14H,1-3H3. The Hall–Kier alpha value is -0.730. The fraction of sp³-hybridized carbons (Fsp3) is 0.455. The van der Waals surface area contributed by atoms with Crippen LogP contribution in [0.5, 0.6) is 0 Å². The highest BCUT2D eigenvalue weighted by molar-refractivity contribution is 7.89. The van der Waals surface area contributed by atoms with Gasteiger partial charge in [0.15, 0.2) is 6.29 Å². The van der Waals surface area contributed by atoms with Crippen LogP contribution in [0.4, 0.5) is 4.39 Å². The molecule has 8 heteroatoms. The second-order valence-electron chi connectivity index (χ2n) is 3.82. The molecular weight excluding hydrogens is 297 g/mol. The molecule has 0 amide bonds. The summed E-state index contributed by atoms with van der Waals surface area (Å²) in [6.45, 7) is 1.56. The Morgan fingerprint density at radius 1 is 1.32 bits per heavy atom. The van der Waals surface area contributed by atoms with E-state index in [2.05, 4.69) is 4.72 Å². The average molecular weight is 312 g/mol. The smallest absolute Gasteiger partial charge is 0.242 e. The number of ether oxygens (including phenoxy) is 2. The van der Waals surface area contributed by atoms with Crippen LogP contribution in [-0.4, -0.2) is 35.0 Å².